The van der Waals surface area contributed by atoms with Crippen molar-refractivity contribution < 1.29 is 13.2 Å². The fourth-order valence-electron chi connectivity index (χ4n) is 2.15. The Morgan fingerprint density at radius 2 is 2.00 bits per heavy atom. The Morgan fingerprint density at radius 3 is 2.58 bits per heavy atom. The van der Waals surface area contributed by atoms with Gasteiger partial charge in [0.2, 0.25) is 0 Å². The summed E-state index contributed by atoms with van der Waals surface area (Å²) < 4.78 is 39.7. The summed E-state index contributed by atoms with van der Waals surface area (Å²) in [4.78, 5) is 0. The van der Waals surface area contributed by atoms with E-state index in [0.717, 1.165) is 23.4 Å². The number of rotatable bonds is 2. The Hall–Kier alpha value is -1.82. The minimum absolute atomic E-state index is 0.241. The van der Waals surface area contributed by atoms with Gasteiger partial charge < -0.3 is 5.73 Å². The van der Waals surface area contributed by atoms with Crippen molar-refractivity contribution in [3.05, 3.63) is 41.1 Å². The van der Waals surface area contributed by atoms with Crippen molar-refractivity contribution in [1.82, 2.24) is 9.78 Å². The van der Waals surface area contributed by atoms with Crippen LogP contribution in [0.3, 0.4) is 0 Å². The highest BCUT2D eigenvalue weighted by atomic mass is 19.4. The molecule has 0 fully saturated rings. The molecule has 2 N–H and O–H groups in total. The second-order valence-corrected chi connectivity index (χ2v) is 4.32. The lowest BCUT2D eigenvalue weighted by Gasteiger charge is -2.10. The first kappa shape index (κ1) is 13.6. The highest BCUT2D eigenvalue weighted by Gasteiger charge is 2.30. The summed E-state index contributed by atoms with van der Waals surface area (Å²) in [5.74, 6) is 0. The van der Waals surface area contributed by atoms with Gasteiger partial charge in [-0.15, -0.1) is 0 Å². The number of benzene rings is 1. The zero-order chi connectivity index (χ0) is 14.2. The van der Waals surface area contributed by atoms with Crippen molar-refractivity contribution in [2.24, 2.45) is 12.8 Å². The lowest BCUT2D eigenvalue weighted by Crippen LogP contribution is -2.06. The molecule has 2 aromatic rings. The third-order valence-corrected chi connectivity index (χ3v) is 3.01. The van der Waals surface area contributed by atoms with Crippen LogP contribution < -0.4 is 5.73 Å². The van der Waals surface area contributed by atoms with E-state index in [1.54, 1.807) is 24.7 Å². The van der Waals surface area contributed by atoms with Crippen LogP contribution in [-0.4, -0.2) is 9.78 Å². The number of aromatic nitrogens is 2. The van der Waals surface area contributed by atoms with Gasteiger partial charge in [-0.3, -0.25) is 4.68 Å². The molecule has 19 heavy (non-hydrogen) atoms. The van der Waals surface area contributed by atoms with Crippen LogP contribution in [0.4, 0.5) is 13.2 Å². The molecule has 2 rings (SSSR count). The molecule has 1 heterocycles. The van der Waals surface area contributed by atoms with E-state index in [2.05, 4.69) is 5.10 Å². The highest BCUT2D eigenvalue weighted by molar-refractivity contribution is 5.65. The maximum absolute atomic E-state index is 12.7. The minimum atomic E-state index is -4.35. The van der Waals surface area contributed by atoms with Gasteiger partial charge in [0.05, 0.1) is 17.0 Å². The number of nitrogens with two attached hydrogens (primary N) is 1. The highest BCUT2D eigenvalue weighted by Crippen LogP contribution is 2.33. The predicted octanol–water partition coefficient (Wildman–Crippen LogP) is 2.87. The summed E-state index contributed by atoms with van der Waals surface area (Å²) in [6, 6.07) is 5.19. The van der Waals surface area contributed by atoms with Crippen LogP contribution in [0.5, 0.6) is 0 Å². The van der Waals surface area contributed by atoms with E-state index in [1.165, 1.54) is 6.07 Å². The number of hydrogen-bond donors (Lipinski definition) is 1. The summed E-state index contributed by atoms with van der Waals surface area (Å²) in [5.41, 5.74) is 7.58. The van der Waals surface area contributed by atoms with Crippen LogP contribution in [0.1, 0.15) is 16.8 Å². The fourth-order valence-corrected chi connectivity index (χ4v) is 2.15. The largest absolute Gasteiger partial charge is 0.416 e. The lowest BCUT2D eigenvalue weighted by molar-refractivity contribution is -0.137. The second-order valence-electron chi connectivity index (χ2n) is 4.32. The molecule has 0 bridgehead atoms. The fraction of sp³-hybridized carbons (Fsp3) is 0.308. The molecule has 0 radical (unpaired) electrons. The third kappa shape index (κ3) is 2.49. The number of nitrogens with zero attached hydrogens (tertiary/aromatic N) is 2. The first-order valence-electron chi connectivity index (χ1n) is 5.74. The molecule has 0 aliphatic rings. The third-order valence-electron chi connectivity index (χ3n) is 3.01. The molecule has 1 aromatic heterocycles. The van der Waals surface area contributed by atoms with E-state index in [4.69, 9.17) is 5.73 Å². The molecule has 0 aliphatic carbocycles. The maximum atomic E-state index is 12.7. The average Bonchev–Trinajstić information content (AvgIpc) is 2.62. The van der Waals surface area contributed by atoms with E-state index >= 15 is 0 Å². The standard InChI is InChI=1S/C13H14F3N3/c1-8-11(7-17)12(19(2)18-8)9-4-3-5-10(6-9)13(14,15)16/h3-6H,7,17H2,1-2H3. The van der Waals surface area contributed by atoms with Gasteiger partial charge in [0, 0.05) is 24.7 Å². The molecule has 1 aromatic carbocycles. The molecule has 0 saturated carbocycles. The second kappa shape index (κ2) is 4.70. The van der Waals surface area contributed by atoms with Gasteiger partial charge in [-0.25, -0.2) is 0 Å². The van der Waals surface area contributed by atoms with Gasteiger partial charge in [0.1, 0.15) is 0 Å². The predicted molar refractivity (Wildman–Crippen MR) is 66.3 cm³/mol. The van der Waals surface area contributed by atoms with Crippen LogP contribution in [0, 0.1) is 6.92 Å². The van der Waals surface area contributed by atoms with Gasteiger partial charge >= 0.3 is 6.18 Å². The van der Waals surface area contributed by atoms with Gasteiger partial charge in [-0.05, 0) is 19.1 Å². The molecule has 102 valence electrons. The topological polar surface area (TPSA) is 43.8 Å². The van der Waals surface area contributed by atoms with Crippen molar-refractivity contribution in [3.63, 3.8) is 0 Å². The summed E-state index contributed by atoms with van der Waals surface area (Å²) in [7, 11) is 1.70. The maximum Gasteiger partial charge on any atom is 0.416 e. The monoisotopic (exact) mass is 269 g/mol. The summed E-state index contributed by atoms with van der Waals surface area (Å²) in [6.07, 6.45) is -4.35. The summed E-state index contributed by atoms with van der Waals surface area (Å²) >= 11 is 0. The molecule has 0 atom stereocenters. The Morgan fingerprint density at radius 1 is 1.32 bits per heavy atom. The average molecular weight is 269 g/mol. The van der Waals surface area contributed by atoms with E-state index in [1.807, 2.05) is 0 Å². The van der Waals surface area contributed by atoms with Crippen LogP contribution in [0.2, 0.25) is 0 Å². The minimum Gasteiger partial charge on any atom is -0.326 e. The SMILES string of the molecule is Cc1nn(C)c(-c2cccc(C(F)(F)F)c2)c1CN. The van der Waals surface area contributed by atoms with Crippen LogP contribution in [-0.2, 0) is 19.8 Å². The first-order valence-corrected chi connectivity index (χ1v) is 5.74. The van der Waals surface area contributed by atoms with Crippen molar-refractivity contribution in [3.8, 4) is 11.3 Å². The Bertz CT molecular complexity index is 600. The van der Waals surface area contributed by atoms with Crippen LogP contribution in [0.15, 0.2) is 24.3 Å². The number of hydrogen-bond acceptors (Lipinski definition) is 2. The molecule has 0 spiro atoms. The zero-order valence-corrected chi connectivity index (χ0v) is 10.6. The molecular formula is C13H14F3N3. The number of alkyl halides is 3. The molecule has 6 heteroatoms. The molecular weight excluding hydrogens is 255 g/mol. The quantitative estimate of drug-likeness (QED) is 0.911. The van der Waals surface area contributed by atoms with Gasteiger partial charge in [-0.2, -0.15) is 18.3 Å². The molecule has 0 saturated heterocycles. The van der Waals surface area contributed by atoms with Gasteiger partial charge in [0.25, 0.3) is 0 Å². The normalized spacial score (nSPS) is 11.9. The molecule has 0 aliphatic heterocycles. The molecule has 0 unspecified atom stereocenters. The molecule has 3 nitrogen and oxygen atoms in total. The van der Waals surface area contributed by atoms with Crippen molar-refractivity contribution in [2.75, 3.05) is 0 Å². The Balaban J connectivity index is 2.60. The van der Waals surface area contributed by atoms with Gasteiger partial charge in [-0.1, -0.05) is 12.1 Å². The van der Waals surface area contributed by atoms with Crippen molar-refractivity contribution in [1.29, 1.82) is 0 Å². The van der Waals surface area contributed by atoms with E-state index in [0.29, 0.717) is 11.3 Å². The van der Waals surface area contributed by atoms with Crippen LogP contribution in [0.25, 0.3) is 11.3 Å². The zero-order valence-electron chi connectivity index (χ0n) is 10.6. The Labute approximate surface area is 108 Å². The van der Waals surface area contributed by atoms with E-state index in [-0.39, 0.29) is 6.54 Å². The Kier molecular flexibility index (Phi) is 3.36. The summed E-state index contributed by atoms with van der Waals surface area (Å²) in [5, 5.41) is 4.21. The molecule has 0 amide bonds. The van der Waals surface area contributed by atoms with Gasteiger partial charge in [0.15, 0.2) is 0 Å². The summed E-state index contributed by atoms with van der Waals surface area (Å²) in [6.45, 7) is 2.03. The van der Waals surface area contributed by atoms with E-state index < -0.39 is 11.7 Å². The number of aryl methyl sites for hydroxylation is 2. The smallest absolute Gasteiger partial charge is 0.326 e. The first-order chi connectivity index (χ1) is 8.84. The van der Waals surface area contributed by atoms with Crippen molar-refractivity contribution >= 4 is 0 Å². The lowest BCUT2D eigenvalue weighted by atomic mass is 10.0. The van der Waals surface area contributed by atoms with E-state index in [9.17, 15) is 13.2 Å². The number of halogens is 3. The van der Waals surface area contributed by atoms with Crippen molar-refractivity contribution in [2.45, 2.75) is 19.6 Å². The van der Waals surface area contributed by atoms with Crippen LogP contribution >= 0.6 is 0 Å².